The number of hydrogen-bond donors (Lipinski definition) is 4. The molecule has 0 saturated carbocycles. The Balaban J connectivity index is 1.49. The summed E-state index contributed by atoms with van der Waals surface area (Å²) in [6.45, 7) is 1.02. The number of nitrogens with one attached hydrogen (secondary N) is 1. The molecule has 2 atom stereocenters. The average molecular weight is 451 g/mol. The molecule has 32 heavy (non-hydrogen) atoms. The molecule has 2 amide bonds. The minimum atomic E-state index is -0.971. The van der Waals surface area contributed by atoms with Gasteiger partial charge >= 0.3 is 6.09 Å². The normalized spacial score (nSPS) is 20.4. The molecule has 1 aliphatic carbocycles. The van der Waals surface area contributed by atoms with E-state index in [1.807, 2.05) is 6.08 Å². The van der Waals surface area contributed by atoms with Gasteiger partial charge in [0.25, 0.3) is 0 Å². The molecule has 8 nitrogen and oxygen atoms in total. The van der Waals surface area contributed by atoms with E-state index in [2.05, 4.69) is 5.32 Å². The van der Waals surface area contributed by atoms with Crippen LogP contribution in [-0.4, -0.2) is 71.2 Å². The summed E-state index contributed by atoms with van der Waals surface area (Å²) in [5.41, 5.74) is 1.36. The lowest BCUT2D eigenvalue weighted by molar-refractivity contribution is -0.125. The molecule has 9 heteroatoms. The zero-order valence-electron chi connectivity index (χ0n) is 18.0. The second-order valence-corrected chi connectivity index (χ2v) is 8.45. The van der Waals surface area contributed by atoms with E-state index in [0.29, 0.717) is 50.3 Å². The Labute approximate surface area is 186 Å². The third-order valence-electron chi connectivity index (χ3n) is 6.16. The van der Waals surface area contributed by atoms with Crippen LogP contribution in [-0.2, 0) is 4.79 Å². The molecule has 1 saturated heterocycles. The number of aliphatic hydroxyl groups excluding tert-OH is 2. The van der Waals surface area contributed by atoms with Gasteiger partial charge in [-0.15, -0.1) is 0 Å². The molecule has 0 bridgehead atoms. The van der Waals surface area contributed by atoms with Crippen LogP contribution in [0.3, 0.4) is 0 Å². The molecule has 4 N–H and O–H groups in total. The molecule has 1 aliphatic heterocycles. The van der Waals surface area contributed by atoms with Crippen LogP contribution in [0.25, 0.3) is 5.57 Å². The van der Waals surface area contributed by atoms with E-state index in [1.54, 1.807) is 12.1 Å². The Hall–Kier alpha value is -2.65. The van der Waals surface area contributed by atoms with Crippen LogP contribution in [0.1, 0.15) is 37.7 Å². The summed E-state index contributed by atoms with van der Waals surface area (Å²) in [4.78, 5) is 24.5. The summed E-state index contributed by atoms with van der Waals surface area (Å²) in [6, 6.07) is 4.81. The number of hydrogen-bond acceptors (Lipinski definition) is 5. The first-order valence-corrected chi connectivity index (χ1v) is 11.0. The highest BCUT2D eigenvalue weighted by Gasteiger charge is 2.24. The maximum absolute atomic E-state index is 14.7. The number of carbonyl (C=O) groups is 2. The maximum Gasteiger partial charge on any atom is 0.407 e. The predicted octanol–water partition coefficient (Wildman–Crippen LogP) is 2.25. The minimum absolute atomic E-state index is 0.0111. The quantitative estimate of drug-likeness (QED) is 0.482. The molecule has 1 aromatic carbocycles. The second kappa shape index (κ2) is 11.3. The molecular formula is C23H31FN2O6. The van der Waals surface area contributed by atoms with Crippen LogP contribution in [0.2, 0.25) is 0 Å². The number of nitrogens with zero attached hydrogens (tertiary/aromatic N) is 1. The van der Waals surface area contributed by atoms with Crippen molar-refractivity contribution in [2.75, 3.05) is 32.8 Å². The fourth-order valence-electron chi connectivity index (χ4n) is 4.10. The number of likely N-dealkylation sites (tertiary alicyclic amines) is 1. The Morgan fingerprint density at radius 3 is 2.59 bits per heavy atom. The summed E-state index contributed by atoms with van der Waals surface area (Å²) in [6.07, 6.45) is 3.11. The fraction of sp³-hybridized carbons (Fsp3) is 0.565. The van der Waals surface area contributed by atoms with Crippen molar-refractivity contribution in [2.24, 2.45) is 11.8 Å². The number of piperidine rings is 1. The van der Waals surface area contributed by atoms with E-state index in [4.69, 9.17) is 14.9 Å². The van der Waals surface area contributed by atoms with Gasteiger partial charge in [0.2, 0.25) is 5.91 Å². The number of ether oxygens (including phenoxy) is 1. The molecule has 0 aromatic heterocycles. The van der Waals surface area contributed by atoms with Crippen LogP contribution in [0.15, 0.2) is 24.3 Å². The Bertz CT molecular complexity index is 838. The predicted molar refractivity (Wildman–Crippen MR) is 116 cm³/mol. The smallest absolute Gasteiger partial charge is 0.407 e. The van der Waals surface area contributed by atoms with E-state index >= 15 is 0 Å². The molecule has 176 valence electrons. The molecule has 1 fully saturated rings. The Morgan fingerprint density at radius 1 is 1.25 bits per heavy atom. The number of allylic oxidation sites excluding steroid dienone is 2. The summed E-state index contributed by atoms with van der Waals surface area (Å²) < 4.78 is 20.5. The first-order chi connectivity index (χ1) is 15.4. The summed E-state index contributed by atoms with van der Waals surface area (Å²) in [7, 11) is 0. The van der Waals surface area contributed by atoms with Gasteiger partial charge in [0.05, 0.1) is 19.3 Å². The van der Waals surface area contributed by atoms with Gasteiger partial charge in [0, 0.05) is 37.2 Å². The van der Waals surface area contributed by atoms with Gasteiger partial charge in [-0.25, -0.2) is 9.18 Å². The van der Waals surface area contributed by atoms with Crippen molar-refractivity contribution in [3.05, 3.63) is 35.7 Å². The average Bonchev–Trinajstić information content (AvgIpc) is 2.81. The number of halogens is 1. The zero-order valence-corrected chi connectivity index (χ0v) is 18.0. The molecule has 1 aromatic rings. The van der Waals surface area contributed by atoms with E-state index in [1.165, 1.54) is 11.0 Å². The molecule has 2 aliphatic rings. The lowest BCUT2D eigenvalue weighted by Crippen LogP contribution is -2.38. The first-order valence-electron chi connectivity index (χ1n) is 11.0. The van der Waals surface area contributed by atoms with Crippen molar-refractivity contribution < 1.29 is 34.0 Å². The van der Waals surface area contributed by atoms with Crippen LogP contribution < -0.4 is 10.1 Å². The van der Waals surface area contributed by atoms with Gasteiger partial charge in [0.1, 0.15) is 11.6 Å². The molecule has 1 unspecified atom stereocenters. The summed E-state index contributed by atoms with van der Waals surface area (Å²) in [5.74, 6) is -0.0866. The van der Waals surface area contributed by atoms with Crippen LogP contribution in [0.4, 0.5) is 9.18 Å². The van der Waals surface area contributed by atoms with Crippen molar-refractivity contribution in [3.63, 3.8) is 0 Å². The van der Waals surface area contributed by atoms with Crippen molar-refractivity contribution in [1.29, 1.82) is 0 Å². The number of carboxylic acid groups (broad SMARTS) is 1. The van der Waals surface area contributed by atoms with Gasteiger partial charge in [-0.1, -0.05) is 6.08 Å². The van der Waals surface area contributed by atoms with Crippen LogP contribution >= 0.6 is 0 Å². The van der Waals surface area contributed by atoms with E-state index in [9.17, 15) is 19.1 Å². The molecule has 3 rings (SSSR count). The van der Waals surface area contributed by atoms with E-state index < -0.39 is 18.8 Å². The highest BCUT2D eigenvalue weighted by atomic mass is 19.1. The van der Waals surface area contributed by atoms with Gasteiger partial charge in [-0.05, 0) is 55.7 Å². The topological polar surface area (TPSA) is 119 Å². The number of amides is 2. The van der Waals surface area contributed by atoms with Crippen molar-refractivity contribution in [1.82, 2.24) is 10.2 Å². The van der Waals surface area contributed by atoms with Gasteiger partial charge in [-0.2, -0.15) is 0 Å². The van der Waals surface area contributed by atoms with Crippen molar-refractivity contribution in [2.45, 2.75) is 38.2 Å². The zero-order chi connectivity index (χ0) is 23.1. The summed E-state index contributed by atoms with van der Waals surface area (Å²) >= 11 is 0. The minimum Gasteiger partial charge on any atom is -0.493 e. The molecule has 0 spiro atoms. The molecule has 1 heterocycles. The molecule has 0 radical (unpaired) electrons. The third-order valence-corrected chi connectivity index (χ3v) is 6.16. The highest BCUT2D eigenvalue weighted by Crippen LogP contribution is 2.33. The largest absolute Gasteiger partial charge is 0.493 e. The number of rotatable bonds is 8. The maximum atomic E-state index is 14.7. The van der Waals surface area contributed by atoms with Crippen molar-refractivity contribution in [3.8, 4) is 5.75 Å². The number of benzene rings is 1. The van der Waals surface area contributed by atoms with Crippen LogP contribution in [0.5, 0.6) is 5.75 Å². The number of carbonyl (C=O) groups excluding carboxylic acids is 1. The summed E-state index contributed by atoms with van der Waals surface area (Å²) in [5, 5.41) is 29.8. The fourth-order valence-corrected chi connectivity index (χ4v) is 4.10. The monoisotopic (exact) mass is 450 g/mol. The van der Waals surface area contributed by atoms with Crippen molar-refractivity contribution >= 4 is 17.6 Å². The lowest BCUT2D eigenvalue weighted by atomic mass is 9.86. The van der Waals surface area contributed by atoms with E-state index in [-0.39, 0.29) is 30.1 Å². The van der Waals surface area contributed by atoms with Crippen LogP contribution in [0, 0.1) is 17.7 Å². The molecular weight excluding hydrogens is 419 g/mol. The van der Waals surface area contributed by atoms with Gasteiger partial charge < -0.3 is 30.3 Å². The third kappa shape index (κ3) is 6.43. The first kappa shape index (κ1) is 24.0. The Morgan fingerprint density at radius 2 is 2.00 bits per heavy atom. The Kier molecular flexibility index (Phi) is 8.46. The van der Waals surface area contributed by atoms with Gasteiger partial charge in [-0.3, -0.25) is 4.79 Å². The van der Waals surface area contributed by atoms with E-state index in [0.717, 1.165) is 18.4 Å². The standard InChI is InChI=1S/C23H31FN2O6/c24-21-11-19(32-14-15-7-9-26(10-8-15)23(30)31)5-6-20(21)16-1-3-17(4-2-16)22(29)25-12-18(28)13-27/h1,5-6,11,15,17-18,27-28H,2-4,7-10,12-14H2,(H,25,29)(H,30,31)/t17?,18-/m0/s1. The highest BCUT2D eigenvalue weighted by molar-refractivity contribution is 5.80. The lowest BCUT2D eigenvalue weighted by Gasteiger charge is -2.29. The van der Waals surface area contributed by atoms with Gasteiger partial charge in [0.15, 0.2) is 0 Å². The second-order valence-electron chi connectivity index (χ2n) is 8.45. The number of aliphatic hydroxyl groups is 2. The SMILES string of the molecule is O=C(NC[C@H](O)CO)C1CC=C(c2ccc(OCC3CCN(C(=O)O)CC3)cc2F)CC1.